The highest BCUT2D eigenvalue weighted by molar-refractivity contribution is 6.06. The molecular formula is C15H16N4O. The van der Waals surface area contributed by atoms with E-state index in [-0.39, 0.29) is 11.9 Å². The van der Waals surface area contributed by atoms with Crippen LogP contribution in [0.4, 0.5) is 0 Å². The predicted molar refractivity (Wildman–Crippen MR) is 77.5 cm³/mol. The van der Waals surface area contributed by atoms with Gasteiger partial charge in [0.1, 0.15) is 0 Å². The minimum absolute atomic E-state index is 0.0107. The van der Waals surface area contributed by atoms with E-state index in [2.05, 4.69) is 15.4 Å². The highest BCUT2D eigenvalue weighted by atomic mass is 16.1. The molecule has 0 aliphatic rings. The van der Waals surface area contributed by atoms with Crippen LogP contribution < -0.4 is 5.32 Å². The van der Waals surface area contributed by atoms with Crippen molar-refractivity contribution < 1.29 is 4.79 Å². The van der Waals surface area contributed by atoms with Crippen molar-refractivity contribution in [2.75, 3.05) is 0 Å². The number of rotatable bonds is 4. The highest BCUT2D eigenvalue weighted by Gasteiger charge is 2.13. The van der Waals surface area contributed by atoms with Gasteiger partial charge in [-0.3, -0.25) is 9.48 Å². The number of nitrogens with one attached hydrogen (secondary N) is 2. The van der Waals surface area contributed by atoms with Gasteiger partial charge in [-0.05, 0) is 31.2 Å². The van der Waals surface area contributed by atoms with Crippen LogP contribution in [0.2, 0.25) is 0 Å². The lowest BCUT2D eigenvalue weighted by atomic mass is 10.1. The lowest BCUT2D eigenvalue weighted by Crippen LogP contribution is -2.35. The molecule has 0 fully saturated rings. The number of hydrogen-bond donors (Lipinski definition) is 2. The second kappa shape index (κ2) is 5.21. The molecule has 1 atom stereocenters. The van der Waals surface area contributed by atoms with Crippen LogP contribution in [-0.2, 0) is 6.54 Å². The van der Waals surface area contributed by atoms with E-state index in [9.17, 15) is 4.79 Å². The molecule has 5 heteroatoms. The van der Waals surface area contributed by atoms with Crippen molar-refractivity contribution in [2.45, 2.75) is 19.5 Å². The molecule has 102 valence electrons. The molecule has 2 N–H and O–H groups in total. The van der Waals surface area contributed by atoms with Gasteiger partial charge in [-0.2, -0.15) is 5.10 Å². The third-order valence-electron chi connectivity index (χ3n) is 3.24. The Balaban J connectivity index is 1.74. The molecule has 2 aromatic heterocycles. The Bertz CT molecular complexity index is 714. The maximum atomic E-state index is 12.3. The topological polar surface area (TPSA) is 62.7 Å². The van der Waals surface area contributed by atoms with Gasteiger partial charge in [0.2, 0.25) is 0 Å². The van der Waals surface area contributed by atoms with E-state index in [1.807, 2.05) is 54.3 Å². The third kappa shape index (κ3) is 2.42. The summed E-state index contributed by atoms with van der Waals surface area (Å²) in [7, 11) is 0. The smallest absolute Gasteiger partial charge is 0.252 e. The van der Waals surface area contributed by atoms with Crippen LogP contribution in [0.15, 0.2) is 48.9 Å². The average molecular weight is 268 g/mol. The average Bonchev–Trinajstić information content (AvgIpc) is 3.08. The molecule has 0 aliphatic carbocycles. The van der Waals surface area contributed by atoms with Gasteiger partial charge in [0, 0.05) is 41.1 Å². The first-order valence-electron chi connectivity index (χ1n) is 6.58. The Morgan fingerprint density at radius 1 is 1.40 bits per heavy atom. The zero-order valence-corrected chi connectivity index (χ0v) is 11.2. The number of aromatic nitrogens is 3. The number of benzene rings is 1. The quantitative estimate of drug-likeness (QED) is 0.762. The van der Waals surface area contributed by atoms with Crippen molar-refractivity contribution in [2.24, 2.45) is 0 Å². The Morgan fingerprint density at radius 2 is 2.30 bits per heavy atom. The monoisotopic (exact) mass is 268 g/mol. The molecule has 0 bridgehead atoms. The maximum absolute atomic E-state index is 12.3. The van der Waals surface area contributed by atoms with Crippen LogP contribution in [0.25, 0.3) is 10.9 Å². The molecular weight excluding hydrogens is 252 g/mol. The summed E-state index contributed by atoms with van der Waals surface area (Å²) in [5, 5.41) is 8.08. The van der Waals surface area contributed by atoms with E-state index in [4.69, 9.17) is 0 Å². The summed E-state index contributed by atoms with van der Waals surface area (Å²) >= 11 is 0. The van der Waals surface area contributed by atoms with Crippen LogP contribution in [-0.4, -0.2) is 26.7 Å². The number of carbonyl (C=O) groups excluding carboxylic acids is 1. The first kappa shape index (κ1) is 12.5. The fourth-order valence-electron chi connectivity index (χ4n) is 2.32. The Labute approximate surface area is 116 Å². The summed E-state index contributed by atoms with van der Waals surface area (Å²) in [6.07, 6.45) is 5.46. The minimum atomic E-state index is -0.0603. The summed E-state index contributed by atoms with van der Waals surface area (Å²) in [5.41, 5.74) is 1.66. The maximum Gasteiger partial charge on any atom is 0.252 e. The first-order chi connectivity index (χ1) is 9.74. The van der Waals surface area contributed by atoms with Crippen LogP contribution in [0.1, 0.15) is 17.3 Å². The number of H-pyrrole nitrogens is 1. The van der Waals surface area contributed by atoms with Crippen LogP contribution >= 0.6 is 0 Å². The van der Waals surface area contributed by atoms with Gasteiger partial charge in [0.05, 0.1) is 6.54 Å². The van der Waals surface area contributed by atoms with Gasteiger partial charge in [-0.25, -0.2) is 0 Å². The number of amides is 1. The molecule has 3 rings (SSSR count). The summed E-state index contributed by atoms with van der Waals surface area (Å²) in [4.78, 5) is 15.5. The Hall–Kier alpha value is -2.56. The molecule has 0 spiro atoms. The van der Waals surface area contributed by atoms with E-state index in [1.165, 1.54) is 0 Å². The molecule has 2 heterocycles. The van der Waals surface area contributed by atoms with E-state index in [1.54, 1.807) is 6.20 Å². The molecule has 0 aliphatic heterocycles. The number of carbonyl (C=O) groups is 1. The molecule has 1 amide bonds. The van der Waals surface area contributed by atoms with Crippen LogP contribution in [0.3, 0.4) is 0 Å². The van der Waals surface area contributed by atoms with E-state index in [0.29, 0.717) is 12.1 Å². The predicted octanol–water partition coefficient (Wildman–Crippen LogP) is 2.18. The first-order valence-corrected chi connectivity index (χ1v) is 6.58. The second-order valence-electron chi connectivity index (χ2n) is 4.85. The van der Waals surface area contributed by atoms with E-state index in [0.717, 1.165) is 10.9 Å². The van der Waals surface area contributed by atoms with Gasteiger partial charge in [-0.15, -0.1) is 0 Å². The summed E-state index contributed by atoms with van der Waals surface area (Å²) in [6.45, 7) is 2.62. The van der Waals surface area contributed by atoms with Crippen molar-refractivity contribution in [3.05, 3.63) is 54.5 Å². The summed E-state index contributed by atoms with van der Waals surface area (Å²) in [5.74, 6) is -0.0603. The Morgan fingerprint density at radius 3 is 3.10 bits per heavy atom. The fourth-order valence-corrected chi connectivity index (χ4v) is 2.32. The number of nitrogens with zero attached hydrogens (tertiary/aromatic N) is 2. The van der Waals surface area contributed by atoms with Gasteiger partial charge in [-0.1, -0.05) is 6.07 Å². The van der Waals surface area contributed by atoms with E-state index < -0.39 is 0 Å². The largest absolute Gasteiger partial charge is 0.361 e. The second-order valence-corrected chi connectivity index (χ2v) is 4.85. The zero-order valence-electron chi connectivity index (χ0n) is 11.2. The number of aromatic amines is 1. The number of fused-ring (bicyclic) bond motifs is 1. The van der Waals surface area contributed by atoms with Crippen molar-refractivity contribution in [1.29, 1.82) is 0 Å². The molecule has 20 heavy (non-hydrogen) atoms. The molecule has 0 saturated heterocycles. The highest BCUT2D eigenvalue weighted by Crippen LogP contribution is 2.17. The SMILES string of the molecule is CC(Cn1cccn1)NC(=O)c1cccc2[nH]ccc12. The fraction of sp³-hybridized carbons (Fsp3) is 0.200. The van der Waals surface area contributed by atoms with Crippen molar-refractivity contribution in [3.8, 4) is 0 Å². The standard InChI is InChI=1S/C15H16N4O/c1-11(10-19-9-3-7-17-19)18-15(20)13-4-2-5-14-12(13)6-8-16-14/h2-9,11,16H,10H2,1H3,(H,18,20). The molecule has 5 nitrogen and oxygen atoms in total. The van der Waals surface area contributed by atoms with Gasteiger partial charge < -0.3 is 10.3 Å². The van der Waals surface area contributed by atoms with Crippen molar-refractivity contribution >= 4 is 16.8 Å². The van der Waals surface area contributed by atoms with Gasteiger partial charge in [0.15, 0.2) is 0 Å². The Kier molecular flexibility index (Phi) is 3.25. The lowest BCUT2D eigenvalue weighted by molar-refractivity contribution is 0.0937. The molecule has 0 radical (unpaired) electrons. The van der Waals surface area contributed by atoms with Crippen molar-refractivity contribution in [3.63, 3.8) is 0 Å². The van der Waals surface area contributed by atoms with E-state index >= 15 is 0 Å². The molecule has 3 aromatic rings. The lowest BCUT2D eigenvalue weighted by Gasteiger charge is -2.14. The van der Waals surface area contributed by atoms with Gasteiger partial charge >= 0.3 is 0 Å². The van der Waals surface area contributed by atoms with Crippen LogP contribution in [0, 0.1) is 0 Å². The molecule has 1 aromatic carbocycles. The van der Waals surface area contributed by atoms with Crippen LogP contribution in [0.5, 0.6) is 0 Å². The zero-order chi connectivity index (χ0) is 13.9. The third-order valence-corrected chi connectivity index (χ3v) is 3.24. The number of hydrogen-bond acceptors (Lipinski definition) is 2. The van der Waals surface area contributed by atoms with Gasteiger partial charge in [0.25, 0.3) is 5.91 Å². The summed E-state index contributed by atoms with van der Waals surface area (Å²) < 4.78 is 1.81. The van der Waals surface area contributed by atoms with Crippen molar-refractivity contribution in [1.82, 2.24) is 20.1 Å². The molecule has 0 saturated carbocycles. The minimum Gasteiger partial charge on any atom is -0.361 e. The summed E-state index contributed by atoms with van der Waals surface area (Å²) in [6, 6.07) is 9.48. The molecule has 1 unspecified atom stereocenters. The normalized spacial score (nSPS) is 12.4.